The van der Waals surface area contributed by atoms with E-state index in [-0.39, 0.29) is 11.4 Å². The number of ether oxygens (including phenoxy) is 1. The Morgan fingerprint density at radius 2 is 2.04 bits per heavy atom. The highest BCUT2D eigenvalue weighted by molar-refractivity contribution is 5.95. The fourth-order valence-corrected chi connectivity index (χ4v) is 2.02. The number of hydrogen-bond donors (Lipinski definition) is 1. The summed E-state index contributed by atoms with van der Waals surface area (Å²) in [7, 11) is 0. The maximum Gasteiger partial charge on any atom is 0.359 e. The maximum atomic E-state index is 13.4. The Balaban J connectivity index is 1.61. The Hall–Kier alpha value is -3.29. The summed E-state index contributed by atoms with van der Waals surface area (Å²) in [5.41, 5.74) is 0.255. The van der Waals surface area contributed by atoms with E-state index in [0.29, 0.717) is 5.65 Å². The molecule has 0 fully saturated rings. The van der Waals surface area contributed by atoms with Crippen molar-refractivity contribution in [1.82, 2.24) is 9.38 Å². The Morgan fingerprint density at radius 1 is 1.21 bits per heavy atom. The molecule has 3 aromatic rings. The molecular formula is C16H11F2N3O3. The third kappa shape index (κ3) is 3.37. The Morgan fingerprint density at radius 3 is 2.83 bits per heavy atom. The van der Waals surface area contributed by atoms with Gasteiger partial charge in [0.1, 0.15) is 17.3 Å². The van der Waals surface area contributed by atoms with Crippen molar-refractivity contribution >= 4 is 23.2 Å². The summed E-state index contributed by atoms with van der Waals surface area (Å²) >= 11 is 0. The van der Waals surface area contributed by atoms with Gasteiger partial charge in [-0.15, -0.1) is 0 Å². The van der Waals surface area contributed by atoms with E-state index >= 15 is 0 Å². The Labute approximate surface area is 134 Å². The second kappa shape index (κ2) is 6.45. The summed E-state index contributed by atoms with van der Waals surface area (Å²) in [5.74, 6) is -3.09. The molecule has 0 saturated heterocycles. The number of benzene rings is 1. The van der Waals surface area contributed by atoms with Crippen LogP contribution >= 0.6 is 0 Å². The molecule has 3 rings (SSSR count). The first-order chi connectivity index (χ1) is 11.5. The van der Waals surface area contributed by atoms with Crippen molar-refractivity contribution in [2.45, 2.75) is 0 Å². The highest BCUT2D eigenvalue weighted by Gasteiger charge is 2.15. The van der Waals surface area contributed by atoms with Gasteiger partial charge in [0.05, 0.1) is 5.69 Å². The number of aromatic nitrogens is 2. The number of nitrogens with zero attached hydrogens (tertiary/aromatic N) is 2. The lowest BCUT2D eigenvalue weighted by Crippen LogP contribution is -2.21. The molecule has 2 aromatic heterocycles. The van der Waals surface area contributed by atoms with Crippen molar-refractivity contribution in [3.63, 3.8) is 0 Å². The Bertz CT molecular complexity index is 891. The van der Waals surface area contributed by atoms with Gasteiger partial charge in [0.25, 0.3) is 5.91 Å². The number of imidazole rings is 1. The predicted molar refractivity (Wildman–Crippen MR) is 80.5 cm³/mol. The maximum absolute atomic E-state index is 13.4. The monoisotopic (exact) mass is 331 g/mol. The number of halogens is 2. The van der Waals surface area contributed by atoms with Gasteiger partial charge >= 0.3 is 5.97 Å². The first kappa shape index (κ1) is 15.6. The average Bonchev–Trinajstić information content (AvgIpc) is 3.00. The van der Waals surface area contributed by atoms with Gasteiger partial charge in [-0.3, -0.25) is 4.79 Å². The van der Waals surface area contributed by atoms with E-state index in [0.717, 1.165) is 18.2 Å². The third-order valence-corrected chi connectivity index (χ3v) is 3.11. The molecule has 1 amide bonds. The Kier molecular flexibility index (Phi) is 4.19. The van der Waals surface area contributed by atoms with E-state index in [9.17, 15) is 18.4 Å². The number of amides is 1. The number of carbonyl (C=O) groups excluding carboxylic acids is 2. The van der Waals surface area contributed by atoms with Crippen LogP contribution in [0.1, 0.15) is 10.5 Å². The smallest absolute Gasteiger partial charge is 0.359 e. The summed E-state index contributed by atoms with van der Waals surface area (Å²) < 4.78 is 32.9. The molecule has 0 radical (unpaired) electrons. The molecule has 122 valence electrons. The molecule has 0 unspecified atom stereocenters. The number of pyridine rings is 1. The van der Waals surface area contributed by atoms with Gasteiger partial charge < -0.3 is 14.5 Å². The van der Waals surface area contributed by atoms with Crippen molar-refractivity contribution in [3.05, 3.63) is 66.1 Å². The minimum Gasteiger partial charge on any atom is -0.451 e. The summed E-state index contributed by atoms with van der Waals surface area (Å²) in [4.78, 5) is 27.6. The second-order valence-corrected chi connectivity index (χ2v) is 4.84. The molecule has 0 spiro atoms. The summed E-state index contributed by atoms with van der Waals surface area (Å²) in [6.07, 6.45) is 3.17. The van der Waals surface area contributed by atoms with Crippen LogP contribution in [0.4, 0.5) is 14.5 Å². The van der Waals surface area contributed by atoms with Crippen LogP contribution in [0.15, 0.2) is 48.8 Å². The number of rotatable bonds is 4. The SMILES string of the molecule is O=C(COC(=O)c1cn2ccccc2n1)Nc1cc(F)ccc1F. The summed E-state index contributed by atoms with van der Waals surface area (Å²) in [6.45, 7) is -0.650. The average molecular weight is 331 g/mol. The summed E-state index contributed by atoms with van der Waals surface area (Å²) in [6, 6.07) is 7.87. The lowest BCUT2D eigenvalue weighted by Gasteiger charge is -2.06. The molecule has 0 aliphatic rings. The van der Waals surface area contributed by atoms with Gasteiger partial charge in [-0.05, 0) is 24.3 Å². The van der Waals surface area contributed by atoms with E-state index in [1.807, 2.05) is 0 Å². The predicted octanol–water partition coefficient (Wildman–Crippen LogP) is 2.41. The molecule has 6 nitrogen and oxygen atoms in total. The molecule has 1 aromatic carbocycles. The van der Waals surface area contributed by atoms with Crippen LogP contribution in [0.5, 0.6) is 0 Å². The molecule has 0 saturated carbocycles. The first-order valence-electron chi connectivity index (χ1n) is 6.89. The minimum atomic E-state index is -0.798. The normalized spacial score (nSPS) is 10.6. The molecule has 2 heterocycles. The molecule has 24 heavy (non-hydrogen) atoms. The van der Waals surface area contributed by atoms with Crippen LogP contribution in [0, 0.1) is 11.6 Å². The van der Waals surface area contributed by atoms with Gasteiger partial charge in [-0.2, -0.15) is 0 Å². The number of anilines is 1. The van der Waals surface area contributed by atoms with Crippen LogP contribution in [0.2, 0.25) is 0 Å². The molecule has 0 bridgehead atoms. The van der Waals surface area contributed by atoms with Crippen molar-refractivity contribution < 1.29 is 23.1 Å². The lowest BCUT2D eigenvalue weighted by molar-refractivity contribution is -0.119. The topological polar surface area (TPSA) is 72.7 Å². The fourth-order valence-electron chi connectivity index (χ4n) is 2.02. The number of hydrogen-bond acceptors (Lipinski definition) is 4. The van der Waals surface area contributed by atoms with Crippen LogP contribution in [-0.2, 0) is 9.53 Å². The van der Waals surface area contributed by atoms with Crippen molar-refractivity contribution in [2.75, 3.05) is 11.9 Å². The van der Waals surface area contributed by atoms with Crippen molar-refractivity contribution in [1.29, 1.82) is 0 Å². The molecule has 1 N–H and O–H groups in total. The molecular weight excluding hydrogens is 320 g/mol. The van der Waals surface area contributed by atoms with Crippen LogP contribution in [0.3, 0.4) is 0 Å². The van der Waals surface area contributed by atoms with Gasteiger partial charge in [0, 0.05) is 18.5 Å². The van der Waals surface area contributed by atoms with E-state index in [1.165, 1.54) is 6.20 Å². The van der Waals surface area contributed by atoms with Crippen molar-refractivity contribution in [3.8, 4) is 0 Å². The first-order valence-corrected chi connectivity index (χ1v) is 6.89. The zero-order valence-electron chi connectivity index (χ0n) is 12.2. The van der Waals surface area contributed by atoms with Crippen LogP contribution in [-0.4, -0.2) is 27.9 Å². The largest absolute Gasteiger partial charge is 0.451 e. The number of fused-ring (bicyclic) bond motifs is 1. The fraction of sp³-hybridized carbons (Fsp3) is 0.0625. The molecule has 8 heteroatoms. The minimum absolute atomic E-state index is 0.0333. The van der Waals surface area contributed by atoms with Gasteiger partial charge in [-0.25, -0.2) is 18.6 Å². The zero-order chi connectivity index (χ0) is 17.1. The van der Waals surface area contributed by atoms with Gasteiger partial charge in [0.15, 0.2) is 12.3 Å². The van der Waals surface area contributed by atoms with Crippen molar-refractivity contribution in [2.24, 2.45) is 0 Å². The number of carbonyl (C=O) groups is 2. The quantitative estimate of drug-likeness (QED) is 0.745. The third-order valence-electron chi connectivity index (χ3n) is 3.11. The van der Waals surface area contributed by atoms with Gasteiger partial charge in [-0.1, -0.05) is 6.07 Å². The van der Waals surface area contributed by atoms with Crippen LogP contribution in [0.25, 0.3) is 5.65 Å². The van der Waals surface area contributed by atoms with Crippen LogP contribution < -0.4 is 5.32 Å². The van der Waals surface area contributed by atoms with E-state index in [2.05, 4.69) is 10.3 Å². The molecule has 0 aliphatic heterocycles. The molecule has 0 aliphatic carbocycles. The second-order valence-electron chi connectivity index (χ2n) is 4.84. The number of esters is 1. The molecule has 0 atom stereocenters. The summed E-state index contributed by atoms with van der Waals surface area (Å²) in [5, 5.41) is 2.13. The zero-order valence-corrected chi connectivity index (χ0v) is 12.2. The van der Waals surface area contributed by atoms with E-state index in [4.69, 9.17) is 4.74 Å². The van der Waals surface area contributed by atoms with E-state index in [1.54, 1.807) is 28.8 Å². The van der Waals surface area contributed by atoms with E-state index < -0.39 is 30.1 Å². The highest BCUT2D eigenvalue weighted by Crippen LogP contribution is 2.15. The standard InChI is InChI=1S/C16H11F2N3O3/c17-10-4-5-11(18)12(7-10)20-15(22)9-24-16(23)13-8-21-6-2-1-3-14(21)19-13/h1-8H,9H2,(H,20,22). The van der Waals surface area contributed by atoms with Gasteiger partial charge in [0.2, 0.25) is 0 Å². The number of nitrogens with one attached hydrogen (secondary N) is 1. The lowest BCUT2D eigenvalue weighted by atomic mass is 10.3. The highest BCUT2D eigenvalue weighted by atomic mass is 19.1.